The molecule has 3 rings (SSSR count). The number of hydrogen-bond acceptors (Lipinski definition) is 3. The number of aromatic nitrogens is 1. The molecule has 0 aliphatic carbocycles. The van der Waals surface area contributed by atoms with Crippen LogP contribution in [0.1, 0.15) is 31.2 Å². The summed E-state index contributed by atoms with van der Waals surface area (Å²) in [5.41, 5.74) is 4.55. The number of nitrogens with zero attached hydrogens (tertiary/aromatic N) is 2. The van der Waals surface area contributed by atoms with Gasteiger partial charge in [0, 0.05) is 10.4 Å². The van der Waals surface area contributed by atoms with Crippen molar-refractivity contribution in [1.82, 2.24) is 4.57 Å². The van der Waals surface area contributed by atoms with Crippen LogP contribution in [0.3, 0.4) is 0 Å². The molecule has 0 aliphatic heterocycles. The van der Waals surface area contributed by atoms with E-state index in [4.69, 9.17) is 9.73 Å². The van der Waals surface area contributed by atoms with Gasteiger partial charge in [0.15, 0.2) is 4.80 Å². The van der Waals surface area contributed by atoms with Crippen LogP contribution in [0.4, 0.5) is 5.69 Å². The fourth-order valence-corrected chi connectivity index (χ4v) is 4.18. The first-order chi connectivity index (χ1) is 12.3. The SMILES string of the molecule is COc1ccc(-c2c(C)sc(=Nc3ccc(C)cc3)n2C(C)(C)C)cc1. The zero-order valence-corrected chi connectivity index (χ0v) is 17.1. The van der Waals surface area contributed by atoms with Gasteiger partial charge in [-0.05, 0) is 76.6 Å². The van der Waals surface area contributed by atoms with Gasteiger partial charge in [-0.2, -0.15) is 0 Å². The largest absolute Gasteiger partial charge is 0.497 e. The Kier molecular flexibility index (Phi) is 5.05. The van der Waals surface area contributed by atoms with Crippen molar-refractivity contribution in [1.29, 1.82) is 0 Å². The van der Waals surface area contributed by atoms with E-state index in [0.29, 0.717) is 0 Å². The highest BCUT2D eigenvalue weighted by molar-refractivity contribution is 7.09. The maximum absolute atomic E-state index is 5.30. The van der Waals surface area contributed by atoms with Gasteiger partial charge in [-0.1, -0.05) is 17.7 Å². The summed E-state index contributed by atoms with van der Waals surface area (Å²) < 4.78 is 7.65. The second-order valence-corrected chi connectivity index (χ2v) is 8.65. The molecule has 0 spiro atoms. The lowest BCUT2D eigenvalue weighted by Gasteiger charge is -2.24. The average molecular weight is 367 g/mol. The first-order valence-electron chi connectivity index (χ1n) is 8.78. The number of ether oxygens (including phenoxy) is 1. The lowest BCUT2D eigenvalue weighted by Crippen LogP contribution is -2.31. The molecule has 0 unspecified atom stereocenters. The highest BCUT2D eigenvalue weighted by Gasteiger charge is 2.22. The van der Waals surface area contributed by atoms with Gasteiger partial charge in [-0.3, -0.25) is 0 Å². The summed E-state index contributed by atoms with van der Waals surface area (Å²) in [6, 6.07) is 16.6. The molecule has 0 N–H and O–H groups in total. The van der Waals surface area contributed by atoms with Crippen molar-refractivity contribution < 1.29 is 4.74 Å². The lowest BCUT2D eigenvalue weighted by molar-refractivity contribution is 0.392. The van der Waals surface area contributed by atoms with Crippen molar-refractivity contribution >= 4 is 17.0 Å². The number of benzene rings is 2. The van der Waals surface area contributed by atoms with Crippen molar-refractivity contribution in [2.24, 2.45) is 4.99 Å². The van der Waals surface area contributed by atoms with Gasteiger partial charge in [-0.25, -0.2) is 4.99 Å². The molecule has 0 fully saturated rings. The molecule has 1 heterocycles. The monoisotopic (exact) mass is 366 g/mol. The van der Waals surface area contributed by atoms with Crippen LogP contribution in [0.15, 0.2) is 53.5 Å². The minimum Gasteiger partial charge on any atom is -0.497 e. The third-order valence-electron chi connectivity index (χ3n) is 4.29. The van der Waals surface area contributed by atoms with Crippen molar-refractivity contribution in [2.45, 2.75) is 40.2 Å². The molecule has 0 amide bonds. The number of hydrogen-bond donors (Lipinski definition) is 0. The number of rotatable bonds is 3. The zero-order valence-electron chi connectivity index (χ0n) is 16.3. The molecule has 0 aliphatic rings. The number of aryl methyl sites for hydroxylation is 2. The Balaban J connectivity index is 2.22. The normalized spacial score (nSPS) is 12.5. The molecule has 0 saturated heterocycles. The summed E-state index contributed by atoms with van der Waals surface area (Å²) in [6.07, 6.45) is 0. The van der Waals surface area contributed by atoms with E-state index in [2.05, 4.69) is 75.6 Å². The smallest absolute Gasteiger partial charge is 0.191 e. The first kappa shape index (κ1) is 18.5. The Bertz CT molecular complexity index is 955. The number of thiazole rings is 1. The van der Waals surface area contributed by atoms with E-state index in [1.54, 1.807) is 18.4 Å². The molecule has 0 bridgehead atoms. The van der Waals surface area contributed by atoms with Gasteiger partial charge in [0.2, 0.25) is 0 Å². The van der Waals surface area contributed by atoms with E-state index < -0.39 is 0 Å². The Morgan fingerprint density at radius 2 is 1.54 bits per heavy atom. The molecule has 0 atom stereocenters. The molecule has 1 aromatic heterocycles. The van der Waals surface area contributed by atoms with Crippen LogP contribution in [-0.4, -0.2) is 11.7 Å². The standard InChI is InChI=1S/C22H26N2OS/c1-15-7-11-18(12-8-15)23-21-24(22(3,4)5)20(16(2)26-21)17-9-13-19(25-6)14-10-17/h7-14H,1-6H3. The van der Waals surface area contributed by atoms with Gasteiger partial charge < -0.3 is 9.30 Å². The predicted octanol–water partition coefficient (Wildman–Crippen LogP) is 5.83. The predicted molar refractivity (Wildman–Crippen MR) is 110 cm³/mol. The second-order valence-electron chi connectivity index (χ2n) is 7.47. The highest BCUT2D eigenvalue weighted by Crippen LogP contribution is 2.31. The summed E-state index contributed by atoms with van der Waals surface area (Å²) in [5.74, 6) is 0.869. The maximum atomic E-state index is 5.30. The van der Waals surface area contributed by atoms with Crippen LogP contribution < -0.4 is 9.54 Å². The molecule has 4 heteroatoms. The van der Waals surface area contributed by atoms with E-state index in [1.807, 2.05) is 12.1 Å². The Hall–Kier alpha value is -2.33. The van der Waals surface area contributed by atoms with Crippen LogP contribution in [0.5, 0.6) is 5.75 Å². The molecule has 136 valence electrons. The maximum Gasteiger partial charge on any atom is 0.191 e. The van der Waals surface area contributed by atoms with Crippen molar-refractivity contribution in [3.8, 4) is 17.0 Å². The fourth-order valence-electron chi connectivity index (χ4n) is 2.99. The van der Waals surface area contributed by atoms with E-state index in [1.165, 1.54) is 21.7 Å². The van der Waals surface area contributed by atoms with E-state index in [-0.39, 0.29) is 5.54 Å². The average Bonchev–Trinajstić information content (AvgIpc) is 2.93. The quantitative estimate of drug-likeness (QED) is 0.573. The minimum atomic E-state index is -0.0798. The zero-order chi connectivity index (χ0) is 18.9. The van der Waals surface area contributed by atoms with Gasteiger partial charge in [0.1, 0.15) is 5.75 Å². The molecule has 26 heavy (non-hydrogen) atoms. The highest BCUT2D eigenvalue weighted by atomic mass is 32.1. The fraction of sp³-hybridized carbons (Fsp3) is 0.318. The molecule has 0 saturated carbocycles. The summed E-state index contributed by atoms with van der Waals surface area (Å²) in [5, 5.41) is 0. The third kappa shape index (κ3) is 3.75. The second kappa shape index (κ2) is 7.12. The van der Waals surface area contributed by atoms with Crippen LogP contribution in [0.2, 0.25) is 0 Å². The first-order valence-corrected chi connectivity index (χ1v) is 9.60. The summed E-state index contributed by atoms with van der Waals surface area (Å²) in [7, 11) is 1.69. The van der Waals surface area contributed by atoms with Crippen LogP contribution in [0.25, 0.3) is 11.3 Å². The van der Waals surface area contributed by atoms with Gasteiger partial charge in [0.25, 0.3) is 0 Å². The van der Waals surface area contributed by atoms with Crippen LogP contribution in [0, 0.1) is 13.8 Å². The summed E-state index contributed by atoms with van der Waals surface area (Å²) in [4.78, 5) is 7.22. The molecular formula is C22H26N2OS. The number of methoxy groups -OCH3 is 1. The summed E-state index contributed by atoms with van der Waals surface area (Å²) >= 11 is 1.74. The topological polar surface area (TPSA) is 26.5 Å². The Morgan fingerprint density at radius 3 is 2.08 bits per heavy atom. The summed E-state index contributed by atoms with van der Waals surface area (Å²) in [6.45, 7) is 10.9. The molecule has 0 radical (unpaired) electrons. The van der Waals surface area contributed by atoms with E-state index >= 15 is 0 Å². The van der Waals surface area contributed by atoms with Gasteiger partial charge in [0.05, 0.1) is 18.5 Å². The van der Waals surface area contributed by atoms with Crippen molar-refractivity contribution in [3.63, 3.8) is 0 Å². The van der Waals surface area contributed by atoms with Gasteiger partial charge in [-0.15, -0.1) is 11.3 Å². The Morgan fingerprint density at radius 1 is 0.923 bits per heavy atom. The van der Waals surface area contributed by atoms with E-state index in [0.717, 1.165) is 16.2 Å². The Labute approximate surface area is 159 Å². The van der Waals surface area contributed by atoms with Gasteiger partial charge >= 0.3 is 0 Å². The van der Waals surface area contributed by atoms with Crippen molar-refractivity contribution in [2.75, 3.05) is 7.11 Å². The van der Waals surface area contributed by atoms with Crippen LogP contribution >= 0.6 is 11.3 Å². The van der Waals surface area contributed by atoms with Crippen molar-refractivity contribution in [3.05, 3.63) is 63.8 Å². The molecule has 3 aromatic rings. The van der Waals surface area contributed by atoms with E-state index in [9.17, 15) is 0 Å². The van der Waals surface area contributed by atoms with Crippen LogP contribution in [-0.2, 0) is 5.54 Å². The minimum absolute atomic E-state index is 0.0798. The molecule has 3 nitrogen and oxygen atoms in total. The third-order valence-corrected chi connectivity index (χ3v) is 5.24. The molecule has 2 aromatic carbocycles. The lowest BCUT2D eigenvalue weighted by atomic mass is 10.0. The molecular weight excluding hydrogens is 340 g/mol.